The maximum atomic E-state index is 12.6. The molecule has 2 saturated heterocycles. The van der Waals surface area contributed by atoms with E-state index < -0.39 is 12.1 Å². The molecule has 0 aromatic rings. The molecule has 3 atom stereocenters. The normalized spacial score (nSPS) is 25.1. The van der Waals surface area contributed by atoms with Gasteiger partial charge in [-0.05, 0) is 25.7 Å². The molecule has 2 aliphatic rings. The first kappa shape index (κ1) is 19.7. The van der Waals surface area contributed by atoms with Crippen molar-refractivity contribution in [2.45, 2.75) is 51.8 Å². The molecule has 0 aromatic carbocycles. The van der Waals surface area contributed by atoms with E-state index in [0.717, 1.165) is 6.42 Å². The molecule has 2 rings (SSSR count). The van der Waals surface area contributed by atoms with Crippen molar-refractivity contribution in [1.29, 1.82) is 0 Å². The number of amides is 3. The van der Waals surface area contributed by atoms with Crippen LogP contribution in [0.25, 0.3) is 0 Å². The van der Waals surface area contributed by atoms with Crippen molar-refractivity contribution in [2.24, 2.45) is 5.92 Å². The second-order valence-electron chi connectivity index (χ2n) is 7.04. The molecule has 0 spiro atoms. The zero-order valence-electron chi connectivity index (χ0n) is 15.2. The van der Waals surface area contributed by atoms with Crippen molar-refractivity contribution >= 4 is 17.7 Å². The highest BCUT2D eigenvalue weighted by atomic mass is 16.5. The summed E-state index contributed by atoms with van der Waals surface area (Å²) in [6.45, 7) is 7.93. The number of carbonyl (C=O) groups excluding carboxylic acids is 3. The summed E-state index contributed by atoms with van der Waals surface area (Å²) in [6, 6.07) is -1.58. The molecule has 8 nitrogen and oxygen atoms in total. The molecule has 0 aliphatic carbocycles. The average molecular weight is 355 g/mol. The van der Waals surface area contributed by atoms with E-state index >= 15 is 0 Å². The molecule has 3 amide bonds. The third kappa shape index (κ3) is 5.67. The molecule has 2 fully saturated rings. The number of nitrogens with zero attached hydrogens (tertiary/aromatic N) is 1. The monoisotopic (exact) mass is 355 g/mol. The molecule has 8 heteroatoms. The Labute approximate surface area is 148 Å². The summed E-state index contributed by atoms with van der Waals surface area (Å²) in [5, 5.41) is 5.55. The first-order chi connectivity index (χ1) is 11.9. The van der Waals surface area contributed by atoms with Crippen LogP contribution in [0.3, 0.4) is 0 Å². The zero-order valence-corrected chi connectivity index (χ0v) is 15.2. The minimum Gasteiger partial charge on any atom is -0.378 e. The standard InChI is InChI=1S/C17H29N3O5/c1-11(2)4-5-13(18-17(23)20-6-8-24-9-7-20)16(22)19-15-12(3)25-10-14(15)21/h11-13,15H,4-10H2,1-3H3,(H,18,23)(H,19,22)/t12-,13?,15-/m0/s1. The van der Waals surface area contributed by atoms with E-state index in [1.54, 1.807) is 11.8 Å². The fourth-order valence-corrected chi connectivity index (χ4v) is 2.89. The lowest BCUT2D eigenvalue weighted by molar-refractivity contribution is -0.127. The molecule has 0 aromatic heterocycles. The summed E-state index contributed by atoms with van der Waals surface area (Å²) < 4.78 is 10.5. The number of morpholine rings is 1. The minimum atomic E-state index is -0.668. The van der Waals surface area contributed by atoms with E-state index in [2.05, 4.69) is 24.5 Å². The smallest absolute Gasteiger partial charge is 0.318 e. The van der Waals surface area contributed by atoms with Crippen molar-refractivity contribution in [2.75, 3.05) is 32.9 Å². The molecular weight excluding hydrogens is 326 g/mol. The van der Waals surface area contributed by atoms with Crippen LogP contribution in [0.2, 0.25) is 0 Å². The van der Waals surface area contributed by atoms with Crippen molar-refractivity contribution in [1.82, 2.24) is 15.5 Å². The number of ketones is 1. The predicted molar refractivity (Wildman–Crippen MR) is 91.1 cm³/mol. The molecular formula is C17H29N3O5. The van der Waals surface area contributed by atoms with Gasteiger partial charge < -0.3 is 25.0 Å². The fraction of sp³-hybridized carbons (Fsp3) is 0.824. The molecule has 0 bridgehead atoms. The van der Waals surface area contributed by atoms with Gasteiger partial charge >= 0.3 is 6.03 Å². The highest BCUT2D eigenvalue weighted by molar-refractivity contribution is 5.94. The first-order valence-corrected chi connectivity index (χ1v) is 8.96. The van der Waals surface area contributed by atoms with Gasteiger partial charge in [-0.25, -0.2) is 4.79 Å². The van der Waals surface area contributed by atoms with Gasteiger partial charge in [-0.1, -0.05) is 13.8 Å². The van der Waals surface area contributed by atoms with E-state index in [1.165, 1.54) is 0 Å². The fourth-order valence-electron chi connectivity index (χ4n) is 2.89. The van der Waals surface area contributed by atoms with Gasteiger partial charge in [0.05, 0.1) is 19.3 Å². The number of nitrogens with one attached hydrogen (secondary N) is 2. The van der Waals surface area contributed by atoms with Gasteiger partial charge in [0.2, 0.25) is 5.91 Å². The third-order valence-electron chi connectivity index (χ3n) is 4.55. The van der Waals surface area contributed by atoms with Crippen molar-refractivity contribution in [3.05, 3.63) is 0 Å². The Balaban J connectivity index is 1.96. The lowest BCUT2D eigenvalue weighted by Crippen LogP contribution is -2.56. The summed E-state index contributed by atoms with van der Waals surface area (Å²) in [5.41, 5.74) is 0. The molecule has 25 heavy (non-hydrogen) atoms. The summed E-state index contributed by atoms with van der Waals surface area (Å²) in [6.07, 6.45) is 0.971. The van der Waals surface area contributed by atoms with Gasteiger partial charge in [-0.2, -0.15) is 0 Å². The molecule has 0 saturated carbocycles. The topological polar surface area (TPSA) is 97.0 Å². The largest absolute Gasteiger partial charge is 0.378 e. The Morgan fingerprint density at radius 3 is 2.48 bits per heavy atom. The average Bonchev–Trinajstić information content (AvgIpc) is 2.90. The Hall–Kier alpha value is -1.67. The number of carbonyl (C=O) groups is 3. The third-order valence-corrected chi connectivity index (χ3v) is 4.55. The van der Waals surface area contributed by atoms with E-state index in [1.807, 2.05) is 0 Å². The van der Waals surface area contributed by atoms with E-state index in [4.69, 9.17) is 9.47 Å². The van der Waals surface area contributed by atoms with Gasteiger partial charge in [-0.15, -0.1) is 0 Å². The summed E-state index contributed by atoms with van der Waals surface area (Å²) >= 11 is 0. The number of hydrogen-bond donors (Lipinski definition) is 2. The maximum absolute atomic E-state index is 12.6. The van der Waals surface area contributed by atoms with Crippen LogP contribution in [0.5, 0.6) is 0 Å². The van der Waals surface area contributed by atoms with Crippen LogP contribution in [-0.2, 0) is 19.1 Å². The molecule has 2 N–H and O–H groups in total. The summed E-state index contributed by atoms with van der Waals surface area (Å²) in [7, 11) is 0. The first-order valence-electron chi connectivity index (χ1n) is 8.96. The second kappa shape index (κ2) is 9.15. The van der Waals surface area contributed by atoms with Crippen LogP contribution in [-0.4, -0.2) is 73.7 Å². The highest BCUT2D eigenvalue weighted by Crippen LogP contribution is 2.12. The number of rotatable bonds is 6. The van der Waals surface area contributed by atoms with Gasteiger partial charge in [0, 0.05) is 13.1 Å². The lowest BCUT2D eigenvalue weighted by Gasteiger charge is -2.29. The molecule has 2 aliphatic heterocycles. The van der Waals surface area contributed by atoms with Crippen molar-refractivity contribution < 1.29 is 23.9 Å². The van der Waals surface area contributed by atoms with Crippen LogP contribution in [0.4, 0.5) is 4.79 Å². The van der Waals surface area contributed by atoms with Crippen LogP contribution in [0, 0.1) is 5.92 Å². The van der Waals surface area contributed by atoms with Crippen molar-refractivity contribution in [3.63, 3.8) is 0 Å². The molecule has 1 unspecified atom stereocenters. The van der Waals surface area contributed by atoms with Crippen LogP contribution < -0.4 is 10.6 Å². The van der Waals surface area contributed by atoms with E-state index in [0.29, 0.717) is 38.6 Å². The van der Waals surface area contributed by atoms with E-state index in [9.17, 15) is 14.4 Å². The molecule has 2 heterocycles. The second-order valence-corrected chi connectivity index (χ2v) is 7.04. The highest BCUT2D eigenvalue weighted by Gasteiger charge is 2.36. The van der Waals surface area contributed by atoms with Gasteiger partial charge in [0.25, 0.3) is 0 Å². The van der Waals surface area contributed by atoms with Gasteiger partial charge in [-0.3, -0.25) is 9.59 Å². The minimum absolute atomic E-state index is 0.0168. The van der Waals surface area contributed by atoms with Crippen LogP contribution in [0.15, 0.2) is 0 Å². The predicted octanol–water partition coefficient (Wildman–Crippen LogP) is 0.306. The maximum Gasteiger partial charge on any atom is 0.318 e. The number of ether oxygens (including phenoxy) is 2. The Kier molecular flexibility index (Phi) is 7.19. The zero-order chi connectivity index (χ0) is 18.4. The quantitative estimate of drug-likeness (QED) is 0.715. The number of urea groups is 1. The Morgan fingerprint density at radius 2 is 1.92 bits per heavy atom. The molecule has 142 valence electrons. The Morgan fingerprint density at radius 1 is 1.24 bits per heavy atom. The van der Waals surface area contributed by atoms with Crippen LogP contribution >= 0.6 is 0 Å². The van der Waals surface area contributed by atoms with Crippen LogP contribution in [0.1, 0.15) is 33.6 Å². The SMILES string of the molecule is CC(C)CCC(NC(=O)N1CCOCC1)C(=O)N[C@@H]1C(=O)CO[C@H]1C. The van der Waals surface area contributed by atoms with Gasteiger partial charge in [0.15, 0.2) is 5.78 Å². The lowest BCUT2D eigenvalue weighted by atomic mass is 10.0. The summed E-state index contributed by atoms with van der Waals surface area (Å²) in [5.74, 6) is -0.0631. The Bertz CT molecular complexity index is 491. The summed E-state index contributed by atoms with van der Waals surface area (Å²) in [4.78, 5) is 38.5. The number of hydrogen-bond acceptors (Lipinski definition) is 5. The van der Waals surface area contributed by atoms with Gasteiger partial charge in [0.1, 0.15) is 18.7 Å². The van der Waals surface area contributed by atoms with Crippen molar-refractivity contribution in [3.8, 4) is 0 Å². The molecule has 0 radical (unpaired) electrons. The number of Topliss-reactive ketones (excluding diaryl/α,β-unsaturated/α-hetero) is 1. The van der Waals surface area contributed by atoms with E-state index in [-0.39, 0.29) is 30.4 Å².